The van der Waals surface area contributed by atoms with Gasteiger partial charge in [-0.2, -0.15) is 12.6 Å². The normalized spacial score (nSPS) is 33.8. The fraction of sp³-hybridized carbons (Fsp3) is 1.00. The molecule has 0 bridgehead atoms. The lowest BCUT2D eigenvalue weighted by Crippen LogP contribution is -2.36. The number of aliphatic hydroxyl groups excluding tert-OH is 3. The van der Waals surface area contributed by atoms with Gasteiger partial charge in [0.25, 0.3) is 0 Å². The van der Waals surface area contributed by atoms with Crippen molar-refractivity contribution in [3.63, 3.8) is 0 Å². The fourth-order valence-electron chi connectivity index (χ4n) is 2.30. The summed E-state index contributed by atoms with van der Waals surface area (Å²) in [7, 11) is 0. The molecule has 4 nitrogen and oxygen atoms in total. The van der Waals surface area contributed by atoms with Crippen LogP contribution in [0.5, 0.6) is 0 Å². The molecule has 0 amide bonds. The largest absolute Gasteiger partial charge is 0.387 e. The molecule has 0 spiro atoms. The van der Waals surface area contributed by atoms with Crippen LogP contribution in [0.15, 0.2) is 0 Å². The molecule has 1 fully saturated rings. The minimum atomic E-state index is -1.29. The zero-order valence-electron chi connectivity index (χ0n) is 11.0. The summed E-state index contributed by atoms with van der Waals surface area (Å²) in [6.07, 6.45) is 3.94. The Labute approximate surface area is 115 Å². The van der Waals surface area contributed by atoms with Gasteiger partial charge in [-0.1, -0.05) is 45.4 Å². The third kappa shape index (κ3) is 4.70. The molecule has 0 aromatic carbocycles. The first-order valence-corrected chi connectivity index (χ1v) is 7.47. The molecule has 3 N–H and O–H groups in total. The second-order valence-electron chi connectivity index (χ2n) is 5.10. The highest BCUT2D eigenvalue weighted by molar-refractivity contribution is 7.81. The van der Waals surface area contributed by atoms with Crippen molar-refractivity contribution in [2.75, 3.05) is 0 Å². The number of aliphatic hydroxyl groups is 3. The average Bonchev–Trinajstić information content (AvgIpc) is 2.61. The third-order valence-electron chi connectivity index (χ3n) is 3.51. The Bertz CT molecular complexity index is 227. The van der Waals surface area contributed by atoms with E-state index in [9.17, 15) is 15.3 Å². The van der Waals surface area contributed by atoms with E-state index in [1.165, 1.54) is 25.7 Å². The first kappa shape index (κ1) is 16.2. The molecular weight excluding hydrogens is 252 g/mol. The Kier molecular flexibility index (Phi) is 7.56. The molecule has 1 saturated heterocycles. The van der Waals surface area contributed by atoms with Crippen LogP contribution in [0.25, 0.3) is 0 Å². The van der Waals surface area contributed by atoms with Crippen LogP contribution < -0.4 is 0 Å². The molecule has 1 aliphatic heterocycles. The second-order valence-corrected chi connectivity index (χ2v) is 5.76. The molecule has 0 aromatic rings. The zero-order chi connectivity index (χ0) is 13.5. The maximum Gasteiger partial charge on any atom is 0.184 e. The third-order valence-corrected chi connectivity index (χ3v) is 4.06. The van der Waals surface area contributed by atoms with Crippen LogP contribution in [0, 0.1) is 0 Å². The van der Waals surface area contributed by atoms with Gasteiger partial charge in [-0.25, -0.2) is 0 Å². The SMILES string of the molecule is CCCCCCCCC(S)[C@H]1O[C@H](O)[C@@H](O)[C@@H]1O. The Morgan fingerprint density at radius 2 is 1.61 bits per heavy atom. The lowest BCUT2D eigenvalue weighted by Gasteiger charge is -2.20. The van der Waals surface area contributed by atoms with Crippen molar-refractivity contribution in [2.24, 2.45) is 0 Å². The van der Waals surface area contributed by atoms with Gasteiger partial charge in [0.05, 0.1) is 0 Å². The summed E-state index contributed by atoms with van der Waals surface area (Å²) < 4.78 is 5.12. The smallest absolute Gasteiger partial charge is 0.184 e. The molecule has 18 heavy (non-hydrogen) atoms. The van der Waals surface area contributed by atoms with Gasteiger partial charge < -0.3 is 20.1 Å². The van der Waals surface area contributed by atoms with Gasteiger partial charge in [0.2, 0.25) is 0 Å². The van der Waals surface area contributed by atoms with E-state index >= 15 is 0 Å². The van der Waals surface area contributed by atoms with Crippen LogP contribution in [0.2, 0.25) is 0 Å². The molecular formula is C13H26O4S. The highest BCUT2D eigenvalue weighted by Crippen LogP contribution is 2.27. The zero-order valence-corrected chi connectivity index (χ0v) is 11.9. The predicted molar refractivity (Wildman–Crippen MR) is 73.7 cm³/mol. The summed E-state index contributed by atoms with van der Waals surface area (Å²) >= 11 is 4.40. The molecule has 5 atom stereocenters. The van der Waals surface area contributed by atoms with Crippen molar-refractivity contribution in [2.45, 2.75) is 81.7 Å². The van der Waals surface area contributed by atoms with E-state index in [0.717, 1.165) is 19.3 Å². The van der Waals surface area contributed by atoms with Crippen molar-refractivity contribution in [3.05, 3.63) is 0 Å². The minimum absolute atomic E-state index is 0.141. The van der Waals surface area contributed by atoms with E-state index in [4.69, 9.17) is 4.74 Å². The summed E-state index contributed by atoms with van der Waals surface area (Å²) in [5.41, 5.74) is 0. The number of rotatable bonds is 8. The average molecular weight is 278 g/mol. The molecule has 0 aliphatic carbocycles. The molecule has 0 saturated carbocycles. The molecule has 0 radical (unpaired) electrons. The van der Waals surface area contributed by atoms with Gasteiger partial charge in [-0.15, -0.1) is 0 Å². The second kappa shape index (κ2) is 8.38. The van der Waals surface area contributed by atoms with Crippen molar-refractivity contribution in [3.8, 4) is 0 Å². The summed E-state index contributed by atoms with van der Waals surface area (Å²) in [6, 6.07) is 0. The summed E-state index contributed by atoms with van der Waals surface area (Å²) in [5, 5.41) is 28.2. The van der Waals surface area contributed by atoms with Crippen LogP contribution in [-0.2, 0) is 4.74 Å². The van der Waals surface area contributed by atoms with Crippen LogP contribution >= 0.6 is 12.6 Å². The maximum absolute atomic E-state index is 9.69. The number of hydrogen-bond acceptors (Lipinski definition) is 5. The number of unbranched alkanes of at least 4 members (excludes halogenated alkanes) is 5. The van der Waals surface area contributed by atoms with Gasteiger partial charge >= 0.3 is 0 Å². The van der Waals surface area contributed by atoms with Gasteiger partial charge in [-0.3, -0.25) is 0 Å². The van der Waals surface area contributed by atoms with Crippen molar-refractivity contribution < 1.29 is 20.1 Å². The van der Waals surface area contributed by atoms with E-state index in [1.807, 2.05) is 0 Å². The summed E-state index contributed by atoms with van der Waals surface area (Å²) in [4.78, 5) is 0. The first-order chi connectivity index (χ1) is 8.57. The molecule has 1 heterocycles. The number of ether oxygens (including phenoxy) is 1. The topological polar surface area (TPSA) is 69.9 Å². The Hall–Kier alpha value is 0.190. The van der Waals surface area contributed by atoms with Crippen molar-refractivity contribution >= 4 is 12.6 Å². The molecule has 5 heteroatoms. The van der Waals surface area contributed by atoms with E-state index in [1.54, 1.807) is 0 Å². The summed E-state index contributed by atoms with van der Waals surface area (Å²) in [6.45, 7) is 2.19. The Morgan fingerprint density at radius 1 is 1.00 bits per heavy atom. The predicted octanol–water partition coefficient (Wildman–Crippen LogP) is 1.47. The minimum Gasteiger partial charge on any atom is -0.387 e. The summed E-state index contributed by atoms with van der Waals surface area (Å²) in [5.74, 6) is 0. The van der Waals surface area contributed by atoms with Crippen LogP contribution in [0.4, 0.5) is 0 Å². The van der Waals surface area contributed by atoms with Gasteiger partial charge in [-0.05, 0) is 6.42 Å². The number of hydrogen-bond donors (Lipinski definition) is 4. The van der Waals surface area contributed by atoms with E-state index < -0.39 is 24.6 Å². The quantitative estimate of drug-likeness (QED) is 0.401. The molecule has 1 aliphatic rings. The number of thiol groups is 1. The van der Waals surface area contributed by atoms with Gasteiger partial charge in [0.1, 0.15) is 18.3 Å². The van der Waals surface area contributed by atoms with Crippen molar-refractivity contribution in [1.29, 1.82) is 0 Å². The lowest BCUT2D eigenvalue weighted by atomic mass is 10.0. The lowest BCUT2D eigenvalue weighted by molar-refractivity contribution is -0.127. The standard InChI is InChI=1S/C13H26O4S/c1-2-3-4-5-6-7-8-9(18)12-10(14)11(15)13(16)17-12/h9-16,18H,2-8H2,1H3/t9?,10-,11-,12+,13-/m0/s1. The maximum atomic E-state index is 9.69. The highest BCUT2D eigenvalue weighted by atomic mass is 32.1. The molecule has 0 aromatic heterocycles. The van der Waals surface area contributed by atoms with Crippen LogP contribution in [-0.4, -0.2) is 45.2 Å². The highest BCUT2D eigenvalue weighted by Gasteiger charge is 2.44. The molecule has 1 unspecified atom stereocenters. The monoisotopic (exact) mass is 278 g/mol. The first-order valence-electron chi connectivity index (χ1n) is 6.95. The molecule has 108 valence electrons. The Morgan fingerprint density at radius 3 is 2.17 bits per heavy atom. The fourth-order valence-corrected chi connectivity index (χ4v) is 2.73. The van der Waals surface area contributed by atoms with E-state index in [2.05, 4.69) is 19.6 Å². The van der Waals surface area contributed by atoms with Crippen LogP contribution in [0.1, 0.15) is 51.9 Å². The van der Waals surface area contributed by atoms with Crippen molar-refractivity contribution in [1.82, 2.24) is 0 Å². The van der Waals surface area contributed by atoms with Gasteiger partial charge in [0, 0.05) is 5.25 Å². The van der Waals surface area contributed by atoms with E-state index in [0.29, 0.717) is 0 Å². The Balaban J connectivity index is 2.15. The van der Waals surface area contributed by atoms with Crippen LogP contribution in [0.3, 0.4) is 0 Å². The van der Waals surface area contributed by atoms with E-state index in [-0.39, 0.29) is 5.25 Å². The van der Waals surface area contributed by atoms with Gasteiger partial charge in [0.15, 0.2) is 6.29 Å². The molecule has 1 rings (SSSR count).